The number of hydrogen-bond donors (Lipinski definition) is 6. The average Bonchev–Trinajstić information content (AvgIpc) is 4.03. The van der Waals surface area contributed by atoms with Crippen LogP contribution >= 0.6 is 0 Å². The lowest BCUT2D eigenvalue weighted by atomic mass is 9.99. The van der Waals surface area contributed by atoms with Crippen LogP contribution in [-0.2, 0) is 6.18 Å². The summed E-state index contributed by atoms with van der Waals surface area (Å²) in [7, 11) is 0. The lowest BCUT2D eigenvalue weighted by Gasteiger charge is -2.33. The zero-order valence-electron chi connectivity index (χ0n) is 36.1. The Morgan fingerprint density at radius 2 is 1.27 bits per heavy atom. The molecule has 6 atom stereocenters. The van der Waals surface area contributed by atoms with E-state index in [0.717, 1.165) is 55.3 Å². The number of ether oxygens (including phenoxy) is 4. The summed E-state index contributed by atoms with van der Waals surface area (Å²) in [5.74, 6) is 2.14. The zero-order chi connectivity index (χ0) is 45.8. The molecule has 14 nitrogen and oxygen atoms in total. The highest BCUT2D eigenvalue weighted by atomic mass is 19.4. The van der Waals surface area contributed by atoms with Crippen molar-refractivity contribution in [1.82, 2.24) is 20.4 Å². The normalized spacial score (nSPS) is 20.3. The summed E-state index contributed by atoms with van der Waals surface area (Å²) in [4.78, 5) is 31.0. The minimum atomic E-state index is -4.57. The van der Waals surface area contributed by atoms with E-state index in [9.17, 15) is 33.0 Å². The van der Waals surface area contributed by atoms with E-state index >= 15 is 0 Å². The lowest BCUT2D eigenvalue weighted by Crippen LogP contribution is -2.48. The first-order valence-corrected chi connectivity index (χ1v) is 22.4. The second-order valence-corrected chi connectivity index (χ2v) is 17.3. The standard InChI is InChI=1S/C49H53F3N6O8/c50-49(51,52)35-8-5-9-36(25-35)53-47(61)55-38(27-57-17-3-4-18-57)45(59)33-12-15-41-43(24-33)65-29-44(66-41)34-16-19-58(26-34)28-39(46(60)32-11-14-40-42(23-32)64-21-20-63-40)56-48(62)54-37-13-10-30-6-1-2-7-31(30)22-37/h1-2,5-15,22-25,34,38-39,44-46,59-60H,3-4,16-21,26-29H2,(H2,53,55,61)(H2,54,56,62). The van der Waals surface area contributed by atoms with Gasteiger partial charge in [0.25, 0.3) is 0 Å². The van der Waals surface area contributed by atoms with Gasteiger partial charge in [-0.15, -0.1) is 0 Å². The van der Waals surface area contributed by atoms with Crippen LogP contribution in [0.5, 0.6) is 23.0 Å². The Bertz CT molecular complexity index is 2520. The van der Waals surface area contributed by atoms with E-state index in [1.807, 2.05) is 42.5 Å². The number of hydrogen-bond acceptors (Lipinski definition) is 10. The maximum absolute atomic E-state index is 13.6. The molecule has 6 unspecified atom stereocenters. The number of carbonyl (C=O) groups is 2. The average molecular weight is 911 g/mol. The molecule has 2 fully saturated rings. The van der Waals surface area contributed by atoms with Crippen molar-refractivity contribution in [3.05, 3.63) is 120 Å². The number of carbonyl (C=O) groups excluding carboxylic acids is 2. The zero-order valence-corrected chi connectivity index (χ0v) is 36.1. The number of nitrogens with zero attached hydrogens (tertiary/aromatic N) is 2. The van der Waals surface area contributed by atoms with E-state index in [1.165, 1.54) is 12.1 Å². The third-order valence-electron chi connectivity index (χ3n) is 12.7. The first-order valence-electron chi connectivity index (χ1n) is 22.4. The summed E-state index contributed by atoms with van der Waals surface area (Å²) in [5.41, 5.74) is 0.762. The molecule has 348 valence electrons. The Morgan fingerprint density at radius 1 is 0.652 bits per heavy atom. The van der Waals surface area contributed by atoms with Crippen LogP contribution in [0.2, 0.25) is 0 Å². The molecule has 0 saturated carbocycles. The van der Waals surface area contributed by atoms with Crippen LogP contribution in [0, 0.1) is 5.92 Å². The predicted molar refractivity (Wildman–Crippen MR) is 241 cm³/mol. The van der Waals surface area contributed by atoms with Crippen LogP contribution in [0.15, 0.2) is 103 Å². The molecule has 2 saturated heterocycles. The van der Waals surface area contributed by atoms with Crippen molar-refractivity contribution in [2.45, 2.75) is 55.8 Å². The Balaban J connectivity index is 0.843. The maximum atomic E-state index is 13.6. The predicted octanol–water partition coefficient (Wildman–Crippen LogP) is 7.33. The first-order chi connectivity index (χ1) is 31.9. The van der Waals surface area contributed by atoms with Gasteiger partial charge in [0.15, 0.2) is 23.0 Å². The van der Waals surface area contributed by atoms with E-state index in [0.29, 0.717) is 79.2 Å². The molecule has 66 heavy (non-hydrogen) atoms. The van der Waals surface area contributed by atoms with E-state index in [4.69, 9.17) is 18.9 Å². The van der Waals surface area contributed by atoms with Crippen molar-refractivity contribution in [3.8, 4) is 23.0 Å². The van der Waals surface area contributed by atoms with Gasteiger partial charge in [0.2, 0.25) is 0 Å². The fourth-order valence-corrected chi connectivity index (χ4v) is 9.24. The van der Waals surface area contributed by atoms with Gasteiger partial charge >= 0.3 is 18.2 Å². The van der Waals surface area contributed by atoms with Gasteiger partial charge in [0.1, 0.15) is 38.1 Å². The van der Waals surface area contributed by atoms with Crippen LogP contribution < -0.4 is 40.2 Å². The first kappa shape index (κ1) is 44.9. The minimum Gasteiger partial charge on any atom is -0.486 e. The Morgan fingerprint density at radius 3 is 1.97 bits per heavy atom. The Labute approximate surface area is 380 Å². The Hall–Kier alpha value is -6.27. The number of amides is 4. The number of anilines is 2. The number of fused-ring (bicyclic) bond motifs is 3. The lowest BCUT2D eigenvalue weighted by molar-refractivity contribution is -0.137. The largest absolute Gasteiger partial charge is 0.486 e. The molecule has 5 aromatic carbocycles. The highest BCUT2D eigenvalue weighted by Crippen LogP contribution is 2.39. The van der Waals surface area contributed by atoms with Gasteiger partial charge in [-0.2, -0.15) is 13.2 Å². The highest BCUT2D eigenvalue weighted by molar-refractivity contribution is 5.93. The topological polar surface area (TPSA) is 166 Å². The second kappa shape index (κ2) is 19.7. The highest BCUT2D eigenvalue weighted by Gasteiger charge is 2.37. The summed E-state index contributed by atoms with van der Waals surface area (Å²) < 4.78 is 64.2. The van der Waals surface area contributed by atoms with Gasteiger partial charge in [-0.25, -0.2) is 9.59 Å². The van der Waals surface area contributed by atoms with Gasteiger partial charge in [-0.3, -0.25) is 0 Å². The molecule has 4 amide bonds. The number of halogens is 3. The number of rotatable bonds is 13. The van der Waals surface area contributed by atoms with Crippen LogP contribution in [0.4, 0.5) is 34.1 Å². The quantitative estimate of drug-likeness (QED) is 0.0705. The number of aliphatic hydroxyl groups excluding tert-OH is 2. The SMILES string of the molecule is O=C(Nc1cccc(C(F)(F)F)c1)NC(CN1CCCC1)C(O)c1ccc2c(c1)OCC(C1CCN(CC(NC(=O)Nc3ccc4ccccc4c3)C(O)c3ccc4c(c3)OCCO4)C1)O2. The molecule has 0 radical (unpaired) electrons. The van der Waals surface area contributed by atoms with Gasteiger partial charge in [0.05, 0.1) is 17.6 Å². The summed E-state index contributed by atoms with van der Waals surface area (Å²) in [6, 6.07) is 25.7. The van der Waals surface area contributed by atoms with Gasteiger partial charge in [-0.1, -0.05) is 48.5 Å². The molecule has 6 N–H and O–H groups in total. The van der Waals surface area contributed by atoms with E-state index in [-0.39, 0.29) is 24.3 Å². The number of benzene rings is 5. The second-order valence-electron chi connectivity index (χ2n) is 17.3. The van der Waals surface area contributed by atoms with E-state index < -0.39 is 48.1 Å². The molecule has 17 heteroatoms. The fourth-order valence-electron chi connectivity index (χ4n) is 9.24. The molecule has 4 aliphatic heterocycles. The molecule has 5 aromatic rings. The molecular formula is C49H53F3N6O8. The number of aliphatic hydroxyl groups is 2. The van der Waals surface area contributed by atoms with Crippen molar-refractivity contribution in [1.29, 1.82) is 0 Å². The van der Waals surface area contributed by atoms with E-state index in [2.05, 4.69) is 31.1 Å². The smallest absolute Gasteiger partial charge is 0.416 e. The molecule has 0 aliphatic carbocycles. The van der Waals surface area contributed by atoms with Crippen molar-refractivity contribution in [3.63, 3.8) is 0 Å². The fraction of sp³-hybridized carbons (Fsp3) is 0.388. The number of urea groups is 2. The van der Waals surface area contributed by atoms with Crippen LogP contribution in [-0.4, -0.2) is 109 Å². The Kier molecular flexibility index (Phi) is 13.4. The van der Waals surface area contributed by atoms with Crippen LogP contribution in [0.25, 0.3) is 10.8 Å². The number of alkyl halides is 3. The summed E-state index contributed by atoms with van der Waals surface area (Å²) in [5, 5.41) is 36.8. The molecule has 4 heterocycles. The van der Waals surface area contributed by atoms with Gasteiger partial charge in [0, 0.05) is 36.9 Å². The summed E-state index contributed by atoms with van der Waals surface area (Å²) >= 11 is 0. The van der Waals surface area contributed by atoms with Crippen molar-refractivity contribution in [2.24, 2.45) is 5.92 Å². The summed E-state index contributed by atoms with van der Waals surface area (Å²) in [6.45, 7) is 4.63. The van der Waals surface area contributed by atoms with Crippen molar-refractivity contribution >= 4 is 34.2 Å². The number of nitrogens with one attached hydrogen (secondary N) is 4. The van der Waals surface area contributed by atoms with Gasteiger partial charge in [-0.05, 0) is 115 Å². The van der Waals surface area contributed by atoms with Crippen LogP contribution in [0.3, 0.4) is 0 Å². The summed E-state index contributed by atoms with van der Waals surface area (Å²) in [6.07, 6.45) is -4.39. The third kappa shape index (κ3) is 10.7. The molecule has 9 rings (SSSR count). The molecule has 0 bridgehead atoms. The molecular weight excluding hydrogens is 858 g/mol. The number of likely N-dealkylation sites (tertiary alicyclic amines) is 2. The monoisotopic (exact) mass is 910 g/mol. The molecule has 0 aromatic heterocycles. The van der Waals surface area contributed by atoms with Crippen molar-refractivity contribution < 1.29 is 51.9 Å². The van der Waals surface area contributed by atoms with Crippen molar-refractivity contribution in [2.75, 3.05) is 69.7 Å². The molecule has 4 aliphatic rings. The molecule has 0 spiro atoms. The van der Waals surface area contributed by atoms with Crippen LogP contribution in [0.1, 0.15) is 48.2 Å². The van der Waals surface area contributed by atoms with E-state index in [1.54, 1.807) is 36.4 Å². The van der Waals surface area contributed by atoms with Gasteiger partial charge < -0.3 is 60.2 Å². The third-order valence-corrected chi connectivity index (χ3v) is 12.7. The maximum Gasteiger partial charge on any atom is 0.416 e. The minimum absolute atomic E-state index is 0.0260.